The molecule has 0 aromatic rings. The minimum absolute atomic E-state index is 0.241. The lowest BCUT2D eigenvalue weighted by Gasteiger charge is -2.22. The van der Waals surface area contributed by atoms with E-state index in [2.05, 4.69) is 5.32 Å². The van der Waals surface area contributed by atoms with E-state index in [4.69, 9.17) is 9.84 Å². The average molecular weight is 189 g/mol. The molecule has 3 heteroatoms. The van der Waals surface area contributed by atoms with Gasteiger partial charge in [0.25, 0.3) is 0 Å². The molecule has 0 aliphatic carbocycles. The van der Waals surface area contributed by atoms with Gasteiger partial charge >= 0.3 is 0 Å². The summed E-state index contributed by atoms with van der Waals surface area (Å²) in [5.41, 5.74) is 0. The van der Waals surface area contributed by atoms with Crippen LogP contribution in [0.4, 0.5) is 0 Å². The molecule has 0 amide bonds. The number of hydrogen-bond acceptors (Lipinski definition) is 3. The highest BCUT2D eigenvalue weighted by atomic mass is 16.5. The van der Waals surface area contributed by atoms with Gasteiger partial charge in [-0.3, -0.25) is 0 Å². The number of aliphatic hydroxyl groups is 1. The zero-order valence-corrected chi connectivity index (χ0v) is 8.88. The van der Waals surface area contributed by atoms with E-state index in [0.29, 0.717) is 12.7 Å². The summed E-state index contributed by atoms with van der Waals surface area (Å²) >= 11 is 0. The molecule has 80 valence electrons. The van der Waals surface area contributed by atoms with Crippen LogP contribution >= 0.6 is 0 Å². The predicted molar refractivity (Wildman–Crippen MR) is 54.9 cm³/mol. The van der Waals surface area contributed by atoms with Crippen LogP contribution in [0.3, 0.4) is 0 Å². The summed E-state index contributed by atoms with van der Waals surface area (Å²) in [7, 11) is 0. The first-order valence-electron chi connectivity index (χ1n) is 5.36. The molecule has 1 aliphatic heterocycles. The second kappa shape index (κ2) is 9.96. The van der Waals surface area contributed by atoms with Crippen LogP contribution in [-0.4, -0.2) is 37.5 Å². The van der Waals surface area contributed by atoms with Gasteiger partial charge in [-0.2, -0.15) is 0 Å². The maximum atomic E-state index is 8.50. The Morgan fingerprint density at radius 3 is 2.46 bits per heavy atom. The van der Waals surface area contributed by atoms with Crippen molar-refractivity contribution in [3.63, 3.8) is 0 Å². The summed E-state index contributed by atoms with van der Waals surface area (Å²) in [6, 6.07) is 0. The van der Waals surface area contributed by atoms with Crippen molar-refractivity contribution in [2.75, 3.05) is 26.3 Å². The van der Waals surface area contributed by atoms with Crippen molar-refractivity contribution in [3.8, 4) is 0 Å². The van der Waals surface area contributed by atoms with Crippen LogP contribution in [0.15, 0.2) is 0 Å². The van der Waals surface area contributed by atoms with Crippen molar-refractivity contribution < 1.29 is 9.84 Å². The lowest BCUT2D eigenvalue weighted by atomic mass is 10.1. The molecule has 0 radical (unpaired) electrons. The molecular formula is C10H23NO2. The van der Waals surface area contributed by atoms with Gasteiger partial charge in [0.05, 0.1) is 6.10 Å². The van der Waals surface area contributed by atoms with Crippen LogP contribution in [0.2, 0.25) is 0 Å². The summed E-state index contributed by atoms with van der Waals surface area (Å²) in [6.07, 6.45) is 3.43. The number of nitrogens with one attached hydrogen (secondary N) is 1. The molecule has 13 heavy (non-hydrogen) atoms. The van der Waals surface area contributed by atoms with Crippen LogP contribution in [0, 0.1) is 0 Å². The molecule has 0 spiro atoms. The third-order valence-electron chi connectivity index (χ3n) is 1.94. The summed E-state index contributed by atoms with van der Waals surface area (Å²) in [5.74, 6) is 0. The van der Waals surface area contributed by atoms with Gasteiger partial charge in [-0.25, -0.2) is 0 Å². The van der Waals surface area contributed by atoms with Crippen molar-refractivity contribution in [3.05, 3.63) is 0 Å². The van der Waals surface area contributed by atoms with Crippen molar-refractivity contribution in [2.45, 2.75) is 39.2 Å². The van der Waals surface area contributed by atoms with Crippen LogP contribution in [-0.2, 0) is 4.74 Å². The highest BCUT2D eigenvalue weighted by Gasteiger charge is 2.11. The monoisotopic (exact) mass is 189 g/mol. The Bertz CT molecular complexity index is 92.9. The first-order valence-corrected chi connectivity index (χ1v) is 5.36. The molecule has 1 fully saturated rings. The number of ether oxygens (including phenoxy) is 1. The molecular weight excluding hydrogens is 166 g/mol. The summed E-state index contributed by atoms with van der Waals surface area (Å²) in [6.45, 7) is 7.10. The number of aliphatic hydroxyl groups excluding tert-OH is 1. The molecule has 0 saturated carbocycles. The Labute approximate surface area is 81.5 Å². The van der Waals surface area contributed by atoms with E-state index < -0.39 is 0 Å². The molecule has 0 unspecified atom stereocenters. The summed E-state index contributed by atoms with van der Waals surface area (Å²) in [5, 5.41) is 11.8. The molecule has 0 atom stereocenters. The van der Waals surface area contributed by atoms with Crippen molar-refractivity contribution in [1.82, 2.24) is 5.32 Å². The van der Waals surface area contributed by atoms with Gasteiger partial charge in [-0.1, -0.05) is 13.8 Å². The molecule has 0 bridgehead atoms. The van der Waals surface area contributed by atoms with E-state index in [0.717, 1.165) is 32.4 Å². The average Bonchev–Trinajstić information content (AvgIpc) is 2.23. The van der Waals surface area contributed by atoms with E-state index in [1.807, 2.05) is 13.8 Å². The zero-order chi connectivity index (χ0) is 9.94. The van der Waals surface area contributed by atoms with Gasteiger partial charge in [-0.15, -0.1) is 0 Å². The largest absolute Gasteiger partial charge is 0.396 e. The van der Waals surface area contributed by atoms with E-state index in [-0.39, 0.29) is 6.61 Å². The third kappa shape index (κ3) is 6.99. The van der Waals surface area contributed by atoms with E-state index >= 15 is 0 Å². The minimum atomic E-state index is 0.241. The van der Waals surface area contributed by atoms with Crippen LogP contribution in [0.1, 0.15) is 33.1 Å². The van der Waals surface area contributed by atoms with Gasteiger partial charge in [0.1, 0.15) is 0 Å². The normalized spacial score (nSPS) is 17.8. The van der Waals surface area contributed by atoms with E-state index in [1.165, 1.54) is 0 Å². The predicted octanol–water partition coefficient (Wildman–Crippen LogP) is 1.16. The van der Waals surface area contributed by atoms with Crippen molar-refractivity contribution in [1.29, 1.82) is 0 Å². The summed E-state index contributed by atoms with van der Waals surface area (Å²) in [4.78, 5) is 0. The molecule has 1 aliphatic rings. The van der Waals surface area contributed by atoms with Crippen LogP contribution in [0.25, 0.3) is 0 Å². The molecule has 0 aromatic heterocycles. The Morgan fingerprint density at radius 1 is 1.31 bits per heavy atom. The number of rotatable bonds is 4. The molecule has 3 nitrogen and oxygen atoms in total. The standard InChI is InChI=1S/C8H17NO2.C2H6/c10-6-1-7-11-8-2-4-9-5-3-8;1-2/h8-10H,1-7H2;1-2H3. The lowest BCUT2D eigenvalue weighted by Crippen LogP contribution is -2.32. The van der Waals surface area contributed by atoms with Gasteiger partial charge in [0.15, 0.2) is 0 Å². The number of piperidine rings is 1. The van der Waals surface area contributed by atoms with E-state index in [1.54, 1.807) is 0 Å². The van der Waals surface area contributed by atoms with Gasteiger partial charge in [0, 0.05) is 13.2 Å². The van der Waals surface area contributed by atoms with Gasteiger partial charge in [0.2, 0.25) is 0 Å². The second-order valence-electron chi connectivity index (χ2n) is 2.90. The zero-order valence-electron chi connectivity index (χ0n) is 8.88. The molecule has 1 rings (SSSR count). The second-order valence-corrected chi connectivity index (χ2v) is 2.90. The maximum Gasteiger partial charge on any atom is 0.0599 e. The Morgan fingerprint density at radius 2 is 1.92 bits per heavy atom. The molecule has 0 aromatic carbocycles. The maximum absolute atomic E-state index is 8.50. The quantitative estimate of drug-likeness (QED) is 0.652. The smallest absolute Gasteiger partial charge is 0.0599 e. The third-order valence-corrected chi connectivity index (χ3v) is 1.94. The Kier molecular flexibility index (Phi) is 9.87. The fourth-order valence-electron chi connectivity index (χ4n) is 1.28. The summed E-state index contributed by atoms with van der Waals surface area (Å²) < 4.78 is 5.52. The highest BCUT2D eigenvalue weighted by molar-refractivity contribution is 4.67. The number of hydrogen-bond donors (Lipinski definition) is 2. The van der Waals surface area contributed by atoms with E-state index in [9.17, 15) is 0 Å². The van der Waals surface area contributed by atoms with Crippen molar-refractivity contribution in [2.24, 2.45) is 0 Å². The molecule has 2 N–H and O–H groups in total. The van der Waals surface area contributed by atoms with Crippen molar-refractivity contribution >= 4 is 0 Å². The topological polar surface area (TPSA) is 41.5 Å². The molecule has 1 heterocycles. The Balaban J connectivity index is 0.000000671. The van der Waals surface area contributed by atoms with Gasteiger partial charge in [-0.05, 0) is 32.4 Å². The van der Waals surface area contributed by atoms with Crippen LogP contribution in [0.5, 0.6) is 0 Å². The fourth-order valence-corrected chi connectivity index (χ4v) is 1.28. The Hall–Kier alpha value is -0.120. The van der Waals surface area contributed by atoms with Crippen LogP contribution < -0.4 is 5.32 Å². The van der Waals surface area contributed by atoms with Gasteiger partial charge < -0.3 is 15.2 Å². The fraction of sp³-hybridized carbons (Fsp3) is 1.00. The lowest BCUT2D eigenvalue weighted by molar-refractivity contribution is 0.0256. The minimum Gasteiger partial charge on any atom is -0.396 e. The first kappa shape index (κ1) is 12.9. The first-order chi connectivity index (χ1) is 6.43. The molecule has 1 saturated heterocycles. The highest BCUT2D eigenvalue weighted by Crippen LogP contribution is 2.06. The SMILES string of the molecule is CC.OCCCOC1CCNCC1.